The summed E-state index contributed by atoms with van der Waals surface area (Å²) in [5, 5.41) is 2.76. The van der Waals surface area contributed by atoms with Crippen LogP contribution in [0.4, 0.5) is 10.1 Å². The van der Waals surface area contributed by atoms with Crippen molar-refractivity contribution in [1.82, 2.24) is 10.2 Å². The van der Waals surface area contributed by atoms with Gasteiger partial charge in [-0.05, 0) is 57.2 Å². The molecule has 2 amide bonds. The van der Waals surface area contributed by atoms with Crippen LogP contribution >= 0.6 is 15.9 Å². The molecule has 3 rings (SSSR count). The van der Waals surface area contributed by atoms with Gasteiger partial charge in [-0.25, -0.2) is 12.8 Å². The zero-order valence-corrected chi connectivity index (χ0v) is 23.2. The minimum absolute atomic E-state index is 0.00836. The number of anilines is 1. The Balaban J connectivity index is 2.03. The van der Waals surface area contributed by atoms with Gasteiger partial charge in [-0.2, -0.15) is 0 Å². The number of benzene rings is 3. The third-order valence-corrected chi connectivity index (χ3v) is 7.88. The summed E-state index contributed by atoms with van der Waals surface area (Å²) >= 11 is 3.35. The Labute approximate surface area is 225 Å². The number of nitrogens with zero attached hydrogens (tertiary/aromatic N) is 2. The van der Waals surface area contributed by atoms with Gasteiger partial charge < -0.3 is 10.2 Å². The number of amides is 2. The summed E-state index contributed by atoms with van der Waals surface area (Å²) < 4.78 is 43.5. The molecular weight excluding hydrogens is 561 g/mol. The monoisotopic (exact) mass is 589 g/mol. The molecular formula is C27H29BrFN3O4S. The third kappa shape index (κ3) is 7.17. The summed E-state index contributed by atoms with van der Waals surface area (Å²) in [6, 6.07) is 19.1. The van der Waals surface area contributed by atoms with Crippen molar-refractivity contribution in [2.75, 3.05) is 10.8 Å². The molecule has 0 heterocycles. The normalized spacial score (nSPS) is 12.2. The topological polar surface area (TPSA) is 86.8 Å². The molecule has 0 aliphatic heterocycles. The van der Waals surface area contributed by atoms with Crippen molar-refractivity contribution in [3.8, 4) is 0 Å². The van der Waals surface area contributed by atoms with Crippen LogP contribution in [0.1, 0.15) is 26.3 Å². The maximum absolute atomic E-state index is 14.5. The lowest BCUT2D eigenvalue weighted by Gasteiger charge is -2.32. The molecule has 0 saturated carbocycles. The molecule has 0 aliphatic rings. The minimum atomic E-state index is -4.16. The van der Waals surface area contributed by atoms with E-state index in [1.807, 2.05) is 0 Å². The lowest BCUT2D eigenvalue weighted by Crippen LogP contribution is -2.52. The molecule has 3 aromatic carbocycles. The van der Waals surface area contributed by atoms with Gasteiger partial charge in [0, 0.05) is 22.6 Å². The van der Waals surface area contributed by atoms with Crippen LogP contribution in [0, 0.1) is 5.82 Å². The fourth-order valence-electron chi connectivity index (χ4n) is 3.68. The third-order valence-electron chi connectivity index (χ3n) is 5.60. The van der Waals surface area contributed by atoms with E-state index in [4.69, 9.17) is 0 Å². The first-order valence-corrected chi connectivity index (χ1v) is 13.9. The molecule has 10 heteroatoms. The molecule has 0 bridgehead atoms. The Morgan fingerprint density at radius 1 is 0.946 bits per heavy atom. The van der Waals surface area contributed by atoms with Crippen LogP contribution < -0.4 is 9.62 Å². The van der Waals surface area contributed by atoms with Crippen molar-refractivity contribution in [2.24, 2.45) is 0 Å². The smallest absolute Gasteiger partial charge is 0.264 e. The molecule has 7 nitrogen and oxygen atoms in total. The van der Waals surface area contributed by atoms with E-state index in [0.717, 1.165) is 4.31 Å². The highest BCUT2D eigenvalue weighted by atomic mass is 79.9. The lowest BCUT2D eigenvalue weighted by atomic mass is 10.1. The summed E-state index contributed by atoms with van der Waals surface area (Å²) in [4.78, 5) is 27.8. The summed E-state index contributed by atoms with van der Waals surface area (Å²) in [6.45, 7) is 4.30. The van der Waals surface area contributed by atoms with Crippen LogP contribution in [0.3, 0.4) is 0 Å². The predicted molar refractivity (Wildman–Crippen MR) is 145 cm³/mol. The van der Waals surface area contributed by atoms with E-state index in [0.29, 0.717) is 4.47 Å². The van der Waals surface area contributed by atoms with E-state index in [2.05, 4.69) is 21.2 Å². The van der Waals surface area contributed by atoms with Crippen molar-refractivity contribution in [2.45, 2.75) is 44.3 Å². The van der Waals surface area contributed by atoms with E-state index >= 15 is 0 Å². The number of hydrogen-bond donors (Lipinski definition) is 1. The van der Waals surface area contributed by atoms with E-state index in [1.54, 1.807) is 62.4 Å². The zero-order valence-electron chi connectivity index (χ0n) is 20.8. The van der Waals surface area contributed by atoms with Crippen molar-refractivity contribution >= 4 is 43.5 Å². The average molecular weight is 591 g/mol. The minimum Gasteiger partial charge on any atom is -0.352 e. The van der Waals surface area contributed by atoms with Crippen molar-refractivity contribution in [3.05, 3.63) is 94.7 Å². The Morgan fingerprint density at radius 3 is 2.22 bits per heavy atom. The summed E-state index contributed by atoms with van der Waals surface area (Å²) in [5.41, 5.74) is 0.469. The maximum Gasteiger partial charge on any atom is 0.264 e. The Morgan fingerprint density at radius 2 is 1.59 bits per heavy atom. The molecule has 37 heavy (non-hydrogen) atoms. The van der Waals surface area contributed by atoms with Gasteiger partial charge in [-0.15, -0.1) is 0 Å². The molecule has 0 saturated heterocycles. The van der Waals surface area contributed by atoms with Crippen LogP contribution in [0.25, 0.3) is 0 Å². The lowest BCUT2D eigenvalue weighted by molar-refractivity contribution is -0.139. The summed E-state index contributed by atoms with van der Waals surface area (Å²) in [6.07, 6.45) is 0. The van der Waals surface area contributed by atoms with E-state index in [-0.39, 0.29) is 28.7 Å². The predicted octanol–water partition coefficient (Wildman–Crippen LogP) is 4.73. The molecule has 0 aromatic heterocycles. The fraction of sp³-hybridized carbons (Fsp3) is 0.259. The van der Waals surface area contributed by atoms with Gasteiger partial charge in [0.25, 0.3) is 10.0 Å². The van der Waals surface area contributed by atoms with Gasteiger partial charge in [0.15, 0.2) is 0 Å². The molecule has 0 spiro atoms. The molecule has 0 fully saturated rings. The molecule has 0 aliphatic carbocycles. The average Bonchev–Trinajstić information content (AvgIpc) is 2.86. The number of halogens is 2. The van der Waals surface area contributed by atoms with Crippen LogP contribution in [0.5, 0.6) is 0 Å². The number of carbonyl (C=O) groups is 2. The summed E-state index contributed by atoms with van der Waals surface area (Å²) in [7, 11) is -4.16. The Hall–Kier alpha value is -3.24. The van der Waals surface area contributed by atoms with Gasteiger partial charge >= 0.3 is 0 Å². The number of carbonyl (C=O) groups excluding carboxylic acids is 2. The van der Waals surface area contributed by atoms with Crippen molar-refractivity contribution in [1.29, 1.82) is 0 Å². The van der Waals surface area contributed by atoms with Crippen LogP contribution in [0.15, 0.2) is 88.2 Å². The number of nitrogens with one attached hydrogen (secondary N) is 1. The zero-order chi connectivity index (χ0) is 27.2. The molecule has 3 aromatic rings. The molecule has 196 valence electrons. The van der Waals surface area contributed by atoms with Crippen LogP contribution in [0.2, 0.25) is 0 Å². The van der Waals surface area contributed by atoms with Crippen LogP contribution in [-0.4, -0.2) is 43.8 Å². The number of sulfonamides is 1. The second-order valence-corrected chi connectivity index (χ2v) is 11.5. The number of rotatable bonds is 10. The van der Waals surface area contributed by atoms with Gasteiger partial charge in [-0.1, -0.05) is 58.4 Å². The summed E-state index contributed by atoms with van der Waals surface area (Å²) in [5.74, 6) is -1.62. The van der Waals surface area contributed by atoms with Crippen molar-refractivity contribution in [3.63, 3.8) is 0 Å². The van der Waals surface area contributed by atoms with E-state index in [1.165, 1.54) is 42.2 Å². The number of hydrogen-bond acceptors (Lipinski definition) is 4. The second kappa shape index (κ2) is 12.3. The molecule has 1 atom stereocenters. The van der Waals surface area contributed by atoms with Gasteiger partial charge in [0.1, 0.15) is 18.4 Å². The highest BCUT2D eigenvalue weighted by Gasteiger charge is 2.33. The first kappa shape index (κ1) is 28.3. The Kier molecular flexibility index (Phi) is 9.45. The van der Waals surface area contributed by atoms with Gasteiger partial charge in [-0.3, -0.25) is 13.9 Å². The highest BCUT2D eigenvalue weighted by molar-refractivity contribution is 9.10. The molecule has 0 unspecified atom stereocenters. The largest absolute Gasteiger partial charge is 0.352 e. The SMILES string of the molecule is CC(C)NC(=O)[C@@H](C)N(Cc1ccccc1F)C(=O)CN(c1cccc(Br)c1)S(=O)(=O)c1ccccc1. The standard InChI is InChI=1S/C27H29BrFN3O4S/c1-19(2)30-27(34)20(3)31(17-21-10-7-8-15-25(21)29)26(33)18-32(23-12-9-11-22(28)16-23)37(35,36)24-13-5-4-6-14-24/h4-16,19-20H,17-18H2,1-3H3,(H,30,34)/t20-/m1/s1. The van der Waals surface area contributed by atoms with Gasteiger partial charge in [0.2, 0.25) is 11.8 Å². The second-order valence-electron chi connectivity index (χ2n) is 8.76. The van der Waals surface area contributed by atoms with E-state index in [9.17, 15) is 22.4 Å². The van der Waals surface area contributed by atoms with Gasteiger partial charge in [0.05, 0.1) is 10.6 Å². The first-order valence-electron chi connectivity index (χ1n) is 11.7. The maximum atomic E-state index is 14.5. The Bertz CT molecular complexity index is 1350. The molecule has 1 N–H and O–H groups in total. The first-order chi connectivity index (χ1) is 17.5. The van der Waals surface area contributed by atoms with E-state index < -0.39 is 40.2 Å². The van der Waals surface area contributed by atoms with Crippen molar-refractivity contribution < 1.29 is 22.4 Å². The molecule has 0 radical (unpaired) electrons. The fourth-order valence-corrected chi connectivity index (χ4v) is 5.49. The highest BCUT2D eigenvalue weighted by Crippen LogP contribution is 2.27. The quantitative estimate of drug-likeness (QED) is 0.370. The van der Waals surface area contributed by atoms with Crippen LogP contribution in [-0.2, 0) is 26.2 Å².